The van der Waals surface area contributed by atoms with E-state index in [2.05, 4.69) is 31.1 Å². The average molecular weight is 350 g/mol. The molecule has 21 heavy (non-hydrogen) atoms. The van der Waals surface area contributed by atoms with Crippen LogP contribution in [0, 0.1) is 0 Å². The molecule has 0 saturated heterocycles. The number of esters is 1. The Morgan fingerprint density at radius 2 is 2.24 bits per heavy atom. The van der Waals surface area contributed by atoms with Crippen LogP contribution in [-0.2, 0) is 11.3 Å². The van der Waals surface area contributed by atoms with Gasteiger partial charge in [0.05, 0.1) is 29.2 Å². The van der Waals surface area contributed by atoms with Crippen LogP contribution < -0.4 is 0 Å². The van der Waals surface area contributed by atoms with Crippen molar-refractivity contribution in [2.24, 2.45) is 0 Å². The lowest BCUT2D eigenvalue weighted by Gasteiger charge is -2.08. The third-order valence-corrected chi connectivity index (χ3v) is 3.66. The summed E-state index contributed by atoms with van der Waals surface area (Å²) >= 11 is 3.38. The van der Waals surface area contributed by atoms with Crippen molar-refractivity contribution < 1.29 is 9.53 Å². The van der Waals surface area contributed by atoms with Crippen molar-refractivity contribution >= 4 is 27.5 Å². The van der Waals surface area contributed by atoms with Gasteiger partial charge in [0.25, 0.3) is 0 Å². The molecule has 7 nitrogen and oxygen atoms in total. The Kier molecular flexibility index (Phi) is 3.46. The minimum absolute atomic E-state index is 0.312. The molecule has 3 aromatic heterocycles. The lowest BCUT2D eigenvalue weighted by molar-refractivity contribution is 0.0590. The van der Waals surface area contributed by atoms with Gasteiger partial charge in [-0.3, -0.25) is 4.68 Å². The second-order valence-electron chi connectivity index (χ2n) is 4.28. The number of aromatic nitrogens is 5. The molecule has 0 aliphatic rings. The summed E-state index contributed by atoms with van der Waals surface area (Å²) in [5.41, 5.74) is 2.34. The normalized spacial score (nSPS) is 11.0. The van der Waals surface area contributed by atoms with E-state index in [-0.39, 0.29) is 0 Å². The van der Waals surface area contributed by atoms with Gasteiger partial charge in [0, 0.05) is 12.7 Å². The maximum Gasteiger partial charge on any atom is 0.356 e. The van der Waals surface area contributed by atoms with E-state index in [1.807, 2.05) is 17.7 Å². The van der Waals surface area contributed by atoms with E-state index < -0.39 is 5.97 Å². The van der Waals surface area contributed by atoms with Crippen molar-refractivity contribution in [1.29, 1.82) is 0 Å². The zero-order valence-electron chi connectivity index (χ0n) is 11.4. The van der Waals surface area contributed by atoms with Gasteiger partial charge in [-0.05, 0) is 35.0 Å². The standard InChI is InChI=1S/C13H12BrN5O2/c1-3-18-10(4-5-15-18)9-6-11(13(20)21-2)19-12(17-9)8(14)7-16-19/h4-7H,3H2,1-2H3. The molecule has 108 valence electrons. The molecule has 0 saturated carbocycles. The summed E-state index contributed by atoms with van der Waals surface area (Å²) in [4.78, 5) is 16.5. The number of methoxy groups -OCH3 is 1. The van der Waals surface area contributed by atoms with Gasteiger partial charge in [-0.15, -0.1) is 0 Å². The Balaban J connectivity index is 2.29. The fourth-order valence-corrected chi connectivity index (χ4v) is 2.47. The van der Waals surface area contributed by atoms with Crippen LogP contribution in [0.4, 0.5) is 0 Å². The zero-order valence-corrected chi connectivity index (χ0v) is 13.0. The number of ether oxygens (including phenoxy) is 1. The van der Waals surface area contributed by atoms with Gasteiger partial charge in [0.1, 0.15) is 0 Å². The first-order valence-corrected chi connectivity index (χ1v) is 7.09. The number of halogens is 1. The van der Waals surface area contributed by atoms with Crippen molar-refractivity contribution in [3.05, 3.63) is 34.7 Å². The van der Waals surface area contributed by atoms with Gasteiger partial charge in [0.2, 0.25) is 0 Å². The number of rotatable bonds is 3. The second kappa shape index (κ2) is 5.28. The molecule has 0 amide bonds. The smallest absolute Gasteiger partial charge is 0.356 e. The highest BCUT2D eigenvalue weighted by molar-refractivity contribution is 9.10. The molecule has 0 spiro atoms. The first kappa shape index (κ1) is 13.7. The number of aryl methyl sites for hydroxylation is 1. The highest BCUT2D eigenvalue weighted by atomic mass is 79.9. The molecule has 8 heteroatoms. The van der Waals surface area contributed by atoms with Crippen LogP contribution >= 0.6 is 15.9 Å². The third kappa shape index (κ3) is 2.21. The first-order valence-electron chi connectivity index (χ1n) is 6.30. The van der Waals surface area contributed by atoms with Crippen molar-refractivity contribution in [2.75, 3.05) is 7.11 Å². The summed E-state index contributed by atoms with van der Waals surface area (Å²) < 4.78 is 8.78. The number of nitrogens with zero attached hydrogens (tertiary/aromatic N) is 5. The van der Waals surface area contributed by atoms with Gasteiger partial charge in [-0.25, -0.2) is 14.3 Å². The van der Waals surface area contributed by atoms with E-state index in [9.17, 15) is 4.79 Å². The quantitative estimate of drug-likeness (QED) is 0.677. The number of fused-ring (bicyclic) bond motifs is 1. The maximum atomic E-state index is 12.0. The lowest BCUT2D eigenvalue weighted by Crippen LogP contribution is -2.11. The van der Waals surface area contributed by atoms with E-state index in [1.165, 1.54) is 11.6 Å². The minimum Gasteiger partial charge on any atom is -0.464 e. The number of carbonyl (C=O) groups is 1. The molecule has 0 atom stereocenters. The fraction of sp³-hybridized carbons (Fsp3) is 0.231. The average Bonchev–Trinajstić information content (AvgIpc) is 3.12. The van der Waals surface area contributed by atoms with Gasteiger partial charge in [-0.1, -0.05) is 0 Å². The molecule has 0 aromatic carbocycles. The second-order valence-corrected chi connectivity index (χ2v) is 5.13. The van der Waals surface area contributed by atoms with E-state index in [0.29, 0.717) is 28.1 Å². The van der Waals surface area contributed by atoms with E-state index in [1.54, 1.807) is 18.5 Å². The Morgan fingerprint density at radius 1 is 1.43 bits per heavy atom. The van der Waals surface area contributed by atoms with Gasteiger partial charge >= 0.3 is 5.97 Å². The highest BCUT2D eigenvalue weighted by Crippen LogP contribution is 2.23. The van der Waals surface area contributed by atoms with Crippen LogP contribution in [0.3, 0.4) is 0 Å². The molecule has 0 radical (unpaired) electrons. The van der Waals surface area contributed by atoms with Crippen molar-refractivity contribution in [2.45, 2.75) is 13.5 Å². The molecule has 0 N–H and O–H groups in total. The topological polar surface area (TPSA) is 74.3 Å². The summed E-state index contributed by atoms with van der Waals surface area (Å²) in [6.07, 6.45) is 3.30. The number of carbonyl (C=O) groups excluding carboxylic acids is 1. The molecule has 3 aromatic rings. The van der Waals surface area contributed by atoms with Crippen LogP contribution in [-0.4, -0.2) is 37.5 Å². The van der Waals surface area contributed by atoms with Crippen molar-refractivity contribution in [3.63, 3.8) is 0 Å². The Labute approximate surface area is 128 Å². The van der Waals surface area contributed by atoms with E-state index in [4.69, 9.17) is 4.74 Å². The molecule has 0 fully saturated rings. The molecule has 0 aliphatic carbocycles. The van der Waals surface area contributed by atoms with Gasteiger partial charge < -0.3 is 4.74 Å². The predicted molar refractivity (Wildman–Crippen MR) is 78.9 cm³/mol. The minimum atomic E-state index is -0.471. The molecule has 0 bridgehead atoms. The summed E-state index contributed by atoms with van der Waals surface area (Å²) in [6, 6.07) is 3.51. The van der Waals surface area contributed by atoms with E-state index >= 15 is 0 Å². The molecule has 3 heterocycles. The van der Waals surface area contributed by atoms with Crippen molar-refractivity contribution in [1.82, 2.24) is 24.4 Å². The van der Waals surface area contributed by atoms with Crippen LogP contribution in [0.25, 0.3) is 17.0 Å². The lowest BCUT2D eigenvalue weighted by atomic mass is 10.2. The Hall–Kier alpha value is -2.22. The van der Waals surface area contributed by atoms with Crippen molar-refractivity contribution in [3.8, 4) is 11.4 Å². The predicted octanol–water partition coefficient (Wildman–Crippen LogP) is 2.16. The summed E-state index contributed by atoms with van der Waals surface area (Å²) in [7, 11) is 1.34. The Morgan fingerprint density at radius 3 is 2.95 bits per heavy atom. The third-order valence-electron chi connectivity index (χ3n) is 3.10. The molecular weight excluding hydrogens is 338 g/mol. The van der Waals surface area contributed by atoms with Crippen LogP contribution in [0.2, 0.25) is 0 Å². The van der Waals surface area contributed by atoms with Crippen LogP contribution in [0.5, 0.6) is 0 Å². The van der Waals surface area contributed by atoms with Gasteiger partial charge in [0.15, 0.2) is 11.3 Å². The maximum absolute atomic E-state index is 12.0. The highest BCUT2D eigenvalue weighted by Gasteiger charge is 2.18. The van der Waals surface area contributed by atoms with Crippen LogP contribution in [0.1, 0.15) is 17.4 Å². The number of hydrogen-bond donors (Lipinski definition) is 0. The molecule has 0 aliphatic heterocycles. The number of hydrogen-bond acceptors (Lipinski definition) is 5. The summed E-state index contributed by atoms with van der Waals surface area (Å²) in [5, 5.41) is 8.36. The Bertz CT molecular complexity index is 823. The summed E-state index contributed by atoms with van der Waals surface area (Å²) in [5.74, 6) is -0.471. The monoisotopic (exact) mass is 349 g/mol. The molecule has 0 unspecified atom stereocenters. The summed E-state index contributed by atoms with van der Waals surface area (Å²) in [6.45, 7) is 2.70. The van der Waals surface area contributed by atoms with Crippen LogP contribution in [0.15, 0.2) is 29.0 Å². The molecule has 3 rings (SSSR count). The van der Waals surface area contributed by atoms with E-state index in [0.717, 1.165) is 5.69 Å². The first-order chi connectivity index (χ1) is 10.2. The fourth-order valence-electron chi connectivity index (χ4n) is 2.12. The SMILES string of the molecule is CCn1nccc1-c1cc(C(=O)OC)n2ncc(Br)c2n1. The largest absolute Gasteiger partial charge is 0.464 e. The van der Waals surface area contributed by atoms with Gasteiger partial charge in [-0.2, -0.15) is 10.2 Å². The molecular formula is C13H12BrN5O2. The zero-order chi connectivity index (χ0) is 15.0.